The fraction of sp³-hybridized carbons (Fsp3) is 0.438. The summed E-state index contributed by atoms with van der Waals surface area (Å²) in [5.41, 5.74) is 3.72. The van der Waals surface area contributed by atoms with Crippen molar-refractivity contribution in [2.24, 2.45) is 0 Å². The Labute approximate surface area is 249 Å². The number of fused-ring (bicyclic) bond motifs is 2. The predicted molar refractivity (Wildman–Crippen MR) is 158 cm³/mol. The van der Waals surface area contributed by atoms with Crippen LogP contribution in [0.15, 0.2) is 54.7 Å². The summed E-state index contributed by atoms with van der Waals surface area (Å²) in [5.74, 6) is 1.59. The van der Waals surface area contributed by atoms with Gasteiger partial charge in [-0.05, 0) is 91.7 Å². The summed E-state index contributed by atoms with van der Waals surface area (Å²) < 4.78 is 26.6. The number of ether oxygens (including phenoxy) is 2. The Balaban J connectivity index is 1.06. The highest BCUT2D eigenvalue weighted by Gasteiger charge is 2.43. The molecule has 4 aliphatic heterocycles. The van der Waals surface area contributed by atoms with Gasteiger partial charge in [0.05, 0.1) is 18.4 Å². The number of amides is 1. The van der Waals surface area contributed by atoms with E-state index in [1.807, 2.05) is 12.1 Å². The molecule has 5 heterocycles. The lowest BCUT2D eigenvalue weighted by Gasteiger charge is -2.40. The van der Waals surface area contributed by atoms with Gasteiger partial charge in [0.25, 0.3) is 0 Å². The average molecular weight is 593 g/mol. The number of benzene rings is 2. The molecule has 220 valence electrons. The normalized spacial score (nSPS) is 24.1. The molecule has 8 nitrogen and oxygen atoms in total. The van der Waals surface area contributed by atoms with Gasteiger partial charge in [0, 0.05) is 36.8 Å². The van der Waals surface area contributed by atoms with Gasteiger partial charge in [-0.2, -0.15) is 0 Å². The summed E-state index contributed by atoms with van der Waals surface area (Å²) in [5, 5.41) is 10.6. The summed E-state index contributed by atoms with van der Waals surface area (Å²) in [7, 11) is 0. The van der Waals surface area contributed by atoms with Crippen LogP contribution in [0.25, 0.3) is 0 Å². The van der Waals surface area contributed by atoms with Crippen LogP contribution in [-0.2, 0) is 11.2 Å². The number of halogens is 2. The Morgan fingerprint density at radius 3 is 2.62 bits per heavy atom. The van der Waals surface area contributed by atoms with Crippen LogP contribution in [0.5, 0.6) is 5.75 Å². The SMILES string of the molecule is O=C(O)N1c2cccnc2N(CC2CCO2)C1CN1CCC(c2cccc3c2CC(c2ccc(Cl)cc2F)CO3)CC1. The third kappa shape index (κ3) is 5.08. The number of piperidine rings is 1. The van der Waals surface area contributed by atoms with Crippen LogP contribution < -0.4 is 14.5 Å². The lowest BCUT2D eigenvalue weighted by molar-refractivity contribution is -0.0454. The minimum absolute atomic E-state index is 0.0683. The molecular weight excluding hydrogens is 559 g/mol. The first-order valence-corrected chi connectivity index (χ1v) is 15.1. The molecule has 2 fully saturated rings. The number of carboxylic acid groups (broad SMARTS) is 1. The van der Waals surface area contributed by atoms with Gasteiger partial charge in [0.1, 0.15) is 17.7 Å². The third-order valence-electron chi connectivity index (χ3n) is 9.27. The minimum Gasteiger partial charge on any atom is -0.493 e. The summed E-state index contributed by atoms with van der Waals surface area (Å²) in [6.45, 7) is 4.11. The quantitative estimate of drug-likeness (QED) is 0.382. The van der Waals surface area contributed by atoms with E-state index < -0.39 is 6.09 Å². The Bertz CT molecular complexity index is 1480. The van der Waals surface area contributed by atoms with Gasteiger partial charge in [-0.1, -0.05) is 29.8 Å². The van der Waals surface area contributed by atoms with Gasteiger partial charge < -0.3 is 19.5 Å². The van der Waals surface area contributed by atoms with E-state index in [0.29, 0.717) is 47.7 Å². The second-order valence-electron chi connectivity index (χ2n) is 11.7. The predicted octanol–water partition coefficient (Wildman–Crippen LogP) is 5.89. The number of hydrogen-bond acceptors (Lipinski definition) is 6. The van der Waals surface area contributed by atoms with Crippen molar-refractivity contribution in [3.63, 3.8) is 0 Å². The fourth-order valence-electron chi connectivity index (χ4n) is 7.01. The highest BCUT2D eigenvalue weighted by molar-refractivity contribution is 6.30. The van der Waals surface area contributed by atoms with E-state index in [1.54, 1.807) is 24.4 Å². The average Bonchev–Trinajstić information content (AvgIpc) is 3.27. The van der Waals surface area contributed by atoms with Gasteiger partial charge in [-0.3, -0.25) is 9.80 Å². The van der Waals surface area contributed by atoms with Crippen molar-refractivity contribution in [1.29, 1.82) is 0 Å². The number of aromatic nitrogens is 1. The highest BCUT2D eigenvalue weighted by atomic mass is 35.5. The fourth-order valence-corrected chi connectivity index (χ4v) is 7.17. The maximum Gasteiger partial charge on any atom is 0.413 e. The molecule has 10 heteroatoms. The molecule has 1 N–H and O–H groups in total. The molecule has 0 aliphatic carbocycles. The van der Waals surface area contributed by atoms with Crippen molar-refractivity contribution in [1.82, 2.24) is 9.88 Å². The van der Waals surface area contributed by atoms with Crippen molar-refractivity contribution in [2.45, 2.75) is 49.8 Å². The molecule has 0 saturated carbocycles. The molecular formula is C32H34ClFN4O4. The van der Waals surface area contributed by atoms with Gasteiger partial charge in [-0.15, -0.1) is 0 Å². The van der Waals surface area contributed by atoms with Gasteiger partial charge in [0.15, 0.2) is 5.82 Å². The van der Waals surface area contributed by atoms with Crippen LogP contribution in [0.1, 0.15) is 47.8 Å². The molecule has 0 bridgehead atoms. The van der Waals surface area contributed by atoms with Crippen molar-refractivity contribution in [3.8, 4) is 5.75 Å². The van der Waals surface area contributed by atoms with Gasteiger partial charge >= 0.3 is 6.09 Å². The van der Waals surface area contributed by atoms with Crippen molar-refractivity contribution < 1.29 is 23.8 Å². The Morgan fingerprint density at radius 1 is 1.05 bits per heavy atom. The number of rotatable bonds is 6. The first-order chi connectivity index (χ1) is 20.5. The number of hydrogen-bond donors (Lipinski definition) is 1. The number of pyridine rings is 1. The molecule has 3 atom stereocenters. The zero-order valence-electron chi connectivity index (χ0n) is 23.3. The molecule has 3 aromatic rings. The molecule has 0 radical (unpaired) electrons. The first kappa shape index (κ1) is 27.4. The largest absolute Gasteiger partial charge is 0.493 e. The van der Waals surface area contributed by atoms with Gasteiger partial charge in [-0.25, -0.2) is 14.2 Å². The lowest BCUT2D eigenvalue weighted by Crippen LogP contribution is -2.56. The Morgan fingerprint density at radius 2 is 1.88 bits per heavy atom. The second kappa shape index (κ2) is 11.4. The molecule has 4 aliphatic rings. The third-order valence-corrected chi connectivity index (χ3v) is 9.50. The Kier molecular flexibility index (Phi) is 7.42. The van der Waals surface area contributed by atoms with E-state index >= 15 is 0 Å². The molecule has 7 rings (SSSR count). The number of nitrogens with zero attached hydrogens (tertiary/aromatic N) is 4. The van der Waals surface area contributed by atoms with Crippen molar-refractivity contribution >= 4 is 29.2 Å². The maximum atomic E-state index is 14.8. The first-order valence-electron chi connectivity index (χ1n) is 14.7. The summed E-state index contributed by atoms with van der Waals surface area (Å²) in [6, 6.07) is 14.8. The number of carbonyl (C=O) groups is 1. The summed E-state index contributed by atoms with van der Waals surface area (Å²) in [4.78, 5) is 23.0. The molecule has 2 aromatic carbocycles. The zero-order chi connectivity index (χ0) is 28.8. The van der Waals surface area contributed by atoms with Gasteiger partial charge in [0.2, 0.25) is 0 Å². The van der Waals surface area contributed by atoms with Crippen LogP contribution in [0.2, 0.25) is 5.02 Å². The van der Waals surface area contributed by atoms with Crippen LogP contribution in [-0.4, -0.2) is 72.7 Å². The van der Waals surface area contributed by atoms with E-state index in [4.69, 9.17) is 21.1 Å². The monoisotopic (exact) mass is 592 g/mol. The smallest absolute Gasteiger partial charge is 0.413 e. The van der Waals surface area contributed by atoms with Crippen molar-refractivity contribution in [2.75, 3.05) is 49.2 Å². The van der Waals surface area contributed by atoms with Crippen LogP contribution in [0.4, 0.5) is 20.7 Å². The van der Waals surface area contributed by atoms with Crippen LogP contribution >= 0.6 is 11.6 Å². The highest BCUT2D eigenvalue weighted by Crippen LogP contribution is 2.42. The number of anilines is 2. The van der Waals surface area contributed by atoms with Crippen LogP contribution in [0, 0.1) is 5.82 Å². The lowest BCUT2D eigenvalue weighted by atomic mass is 9.81. The number of likely N-dealkylation sites (tertiary alicyclic amines) is 1. The van der Waals surface area contributed by atoms with E-state index in [0.717, 1.165) is 51.1 Å². The molecule has 1 amide bonds. The topological polar surface area (TPSA) is 78.4 Å². The van der Waals surface area contributed by atoms with Crippen LogP contribution in [0.3, 0.4) is 0 Å². The van der Waals surface area contributed by atoms with E-state index in [2.05, 4.69) is 26.9 Å². The van der Waals surface area contributed by atoms with Crippen molar-refractivity contribution in [3.05, 3.63) is 82.3 Å². The Hall–Kier alpha value is -3.40. The van der Waals surface area contributed by atoms with E-state index in [9.17, 15) is 14.3 Å². The molecule has 2 saturated heterocycles. The summed E-state index contributed by atoms with van der Waals surface area (Å²) in [6.07, 6.45) is 4.09. The van der Waals surface area contributed by atoms with E-state index in [1.165, 1.54) is 22.1 Å². The van der Waals surface area contributed by atoms with E-state index in [-0.39, 0.29) is 24.0 Å². The molecule has 1 aromatic heterocycles. The second-order valence-corrected chi connectivity index (χ2v) is 12.1. The standard InChI is InChI=1S/C32H34ClFN4O4/c33-22-6-7-25(27(34)16-22)21-15-26-24(3-1-5-29(26)42-19-21)20-8-12-36(13-9-20)18-30-37(17-23-10-14-41-23)31-28(4-2-11-35-31)38(30)32(39)40/h1-7,11,16,20-21,23,30H,8-10,12-15,17-19H2,(H,39,40). The molecule has 3 unspecified atom stereocenters. The molecule has 42 heavy (non-hydrogen) atoms. The maximum absolute atomic E-state index is 14.8. The zero-order valence-corrected chi connectivity index (χ0v) is 24.0. The summed E-state index contributed by atoms with van der Waals surface area (Å²) >= 11 is 6.00. The molecule has 0 spiro atoms. The minimum atomic E-state index is -0.969.